The summed E-state index contributed by atoms with van der Waals surface area (Å²) in [4.78, 5) is 6.17. The van der Waals surface area contributed by atoms with Gasteiger partial charge >= 0.3 is 0 Å². The largest absolute Gasteiger partial charge is 0.350 e. The summed E-state index contributed by atoms with van der Waals surface area (Å²) in [6.07, 6.45) is 6.13. The van der Waals surface area contributed by atoms with E-state index in [9.17, 15) is 4.39 Å². The van der Waals surface area contributed by atoms with E-state index in [0.29, 0.717) is 12.4 Å². The zero-order valence-electron chi connectivity index (χ0n) is 9.40. The lowest BCUT2D eigenvalue weighted by molar-refractivity contribution is 0.551. The van der Waals surface area contributed by atoms with Crippen molar-refractivity contribution in [1.29, 1.82) is 0 Å². The van der Waals surface area contributed by atoms with Crippen LogP contribution in [0.3, 0.4) is 0 Å². The number of nitrogens with zero attached hydrogens (tertiary/aromatic N) is 2. The lowest BCUT2D eigenvalue weighted by Crippen LogP contribution is -2.41. The molecule has 0 aliphatic carbocycles. The molecule has 3 nitrogen and oxygen atoms in total. The SMILES string of the molecule is NCC1CCCCCN1c1ncccc1F. The van der Waals surface area contributed by atoms with Gasteiger partial charge in [0, 0.05) is 25.3 Å². The summed E-state index contributed by atoms with van der Waals surface area (Å²) < 4.78 is 13.7. The lowest BCUT2D eigenvalue weighted by atomic mass is 10.1. The molecule has 0 saturated carbocycles. The number of rotatable bonds is 2. The van der Waals surface area contributed by atoms with Crippen LogP contribution in [0.4, 0.5) is 10.2 Å². The maximum atomic E-state index is 13.7. The number of nitrogens with two attached hydrogens (primary N) is 1. The van der Waals surface area contributed by atoms with Gasteiger partial charge in [-0.1, -0.05) is 12.8 Å². The van der Waals surface area contributed by atoms with Gasteiger partial charge in [-0.2, -0.15) is 0 Å². The van der Waals surface area contributed by atoms with Crippen molar-refractivity contribution in [3.8, 4) is 0 Å². The molecule has 0 aromatic carbocycles. The van der Waals surface area contributed by atoms with Crippen molar-refractivity contribution in [3.63, 3.8) is 0 Å². The fourth-order valence-electron chi connectivity index (χ4n) is 2.29. The molecule has 2 heterocycles. The highest BCUT2D eigenvalue weighted by molar-refractivity contribution is 5.41. The Morgan fingerprint density at radius 2 is 2.31 bits per heavy atom. The Labute approximate surface area is 95.5 Å². The van der Waals surface area contributed by atoms with Crippen LogP contribution < -0.4 is 10.6 Å². The van der Waals surface area contributed by atoms with E-state index < -0.39 is 0 Å². The molecule has 0 radical (unpaired) electrons. The number of pyridine rings is 1. The molecular formula is C12H18FN3. The highest BCUT2D eigenvalue weighted by Gasteiger charge is 2.22. The summed E-state index contributed by atoms with van der Waals surface area (Å²) in [5.74, 6) is 0.211. The third-order valence-electron chi connectivity index (χ3n) is 3.16. The second-order valence-electron chi connectivity index (χ2n) is 4.24. The van der Waals surface area contributed by atoms with Crippen molar-refractivity contribution in [2.24, 2.45) is 5.73 Å². The molecule has 1 aliphatic rings. The Morgan fingerprint density at radius 1 is 1.44 bits per heavy atom. The number of anilines is 1. The maximum absolute atomic E-state index is 13.7. The number of halogens is 1. The average Bonchev–Trinajstić information content (AvgIpc) is 2.54. The minimum atomic E-state index is -0.247. The van der Waals surface area contributed by atoms with Gasteiger partial charge < -0.3 is 10.6 Å². The summed E-state index contributed by atoms with van der Waals surface area (Å²) in [5.41, 5.74) is 5.76. The fraction of sp³-hybridized carbons (Fsp3) is 0.583. The first kappa shape index (κ1) is 11.3. The third-order valence-corrected chi connectivity index (χ3v) is 3.16. The Bertz CT molecular complexity index is 343. The number of hydrogen-bond acceptors (Lipinski definition) is 3. The molecule has 88 valence electrons. The molecular weight excluding hydrogens is 205 g/mol. The van der Waals surface area contributed by atoms with Crippen molar-refractivity contribution in [2.75, 3.05) is 18.0 Å². The summed E-state index contributed by atoms with van der Waals surface area (Å²) in [6, 6.07) is 3.31. The van der Waals surface area contributed by atoms with Gasteiger partial charge in [0.15, 0.2) is 11.6 Å². The first-order chi connectivity index (χ1) is 7.83. The Kier molecular flexibility index (Phi) is 3.72. The van der Waals surface area contributed by atoms with Crippen molar-refractivity contribution >= 4 is 5.82 Å². The van der Waals surface area contributed by atoms with Crippen LogP contribution in [0.25, 0.3) is 0 Å². The smallest absolute Gasteiger partial charge is 0.165 e. The first-order valence-electron chi connectivity index (χ1n) is 5.90. The van der Waals surface area contributed by atoms with Crippen LogP contribution >= 0.6 is 0 Å². The van der Waals surface area contributed by atoms with Crippen LogP contribution in [-0.4, -0.2) is 24.1 Å². The molecule has 0 bridgehead atoms. The monoisotopic (exact) mass is 223 g/mol. The van der Waals surface area contributed by atoms with Crippen molar-refractivity contribution in [2.45, 2.75) is 31.7 Å². The molecule has 1 aromatic rings. The van der Waals surface area contributed by atoms with Gasteiger partial charge in [0.1, 0.15) is 0 Å². The Balaban J connectivity index is 2.25. The van der Waals surface area contributed by atoms with Crippen molar-refractivity contribution < 1.29 is 4.39 Å². The summed E-state index contributed by atoms with van der Waals surface area (Å²) in [7, 11) is 0. The predicted octanol–water partition coefficient (Wildman–Crippen LogP) is 1.93. The summed E-state index contributed by atoms with van der Waals surface area (Å²) in [5, 5.41) is 0. The molecule has 0 amide bonds. The van der Waals surface area contributed by atoms with Crippen LogP contribution in [0.2, 0.25) is 0 Å². The Hall–Kier alpha value is -1.16. The number of hydrogen-bond donors (Lipinski definition) is 1. The zero-order valence-corrected chi connectivity index (χ0v) is 9.40. The molecule has 0 spiro atoms. The topological polar surface area (TPSA) is 42.1 Å². The second-order valence-corrected chi connectivity index (χ2v) is 4.24. The van der Waals surface area contributed by atoms with Gasteiger partial charge in [-0.3, -0.25) is 0 Å². The maximum Gasteiger partial charge on any atom is 0.165 e. The zero-order chi connectivity index (χ0) is 11.4. The third kappa shape index (κ3) is 2.32. The van der Waals surface area contributed by atoms with E-state index in [0.717, 1.165) is 19.4 Å². The molecule has 1 aliphatic heterocycles. The van der Waals surface area contributed by atoms with E-state index in [1.54, 1.807) is 12.3 Å². The molecule has 1 saturated heterocycles. The normalized spacial score (nSPS) is 21.9. The minimum absolute atomic E-state index is 0.229. The van der Waals surface area contributed by atoms with Gasteiger partial charge in [0.25, 0.3) is 0 Å². The van der Waals surface area contributed by atoms with Gasteiger partial charge in [0.05, 0.1) is 0 Å². The molecule has 4 heteroatoms. The lowest BCUT2D eigenvalue weighted by Gasteiger charge is -2.30. The van der Waals surface area contributed by atoms with Gasteiger partial charge in [-0.25, -0.2) is 9.37 Å². The van der Waals surface area contributed by atoms with Gasteiger partial charge in [-0.05, 0) is 25.0 Å². The van der Waals surface area contributed by atoms with E-state index in [1.165, 1.54) is 18.9 Å². The van der Waals surface area contributed by atoms with Gasteiger partial charge in [-0.15, -0.1) is 0 Å². The standard InChI is InChI=1S/C12H18FN3/c13-11-6-4-7-15-12(11)16-8-3-1-2-5-10(16)9-14/h4,6-7,10H,1-3,5,8-9,14H2. The van der Waals surface area contributed by atoms with Gasteiger partial charge in [0.2, 0.25) is 0 Å². The van der Waals surface area contributed by atoms with Crippen LogP contribution in [0, 0.1) is 5.82 Å². The molecule has 1 atom stereocenters. The van der Waals surface area contributed by atoms with E-state index in [4.69, 9.17) is 5.73 Å². The van der Waals surface area contributed by atoms with Crippen molar-refractivity contribution in [3.05, 3.63) is 24.1 Å². The summed E-state index contributed by atoms with van der Waals surface area (Å²) >= 11 is 0. The van der Waals surface area contributed by atoms with Crippen LogP contribution in [-0.2, 0) is 0 Å². The first-order valence-corrected chi connectivity index (χ1v) is 5.90. The molecule has 1 aromatic heterocycles. The van der Waals surface area contributed by atoms with Crippen molar-refractivity contribution in [1.82, 2.24) is 4.98 Å². The van der Waals surface area contributed by atoms with Crippen LogP contribution in [0.5, 0.6) is 0 Å². The quantitative estimate of drug-likeness (QED) is 0.833. The van der Waals surface area contributed by atoms with E-state index in [1.807, 2.05) is 4.90 Å². The molecule has 2 N–H and O–H groups in total. The second kappa shape index (κ2) is 5.25. The highest BCUT2D eigenvalue weighted by atomic mass is 19.1. The van der Waals surface area contributed by atoms with Crippen LogP contribution in [0.1, 0.15) is 25.7 Å². The molecule has 16 heavy (non-hydrogen) atoms. The molecule has 1 unspecified atom stereocenters. The average molecular weight is 223 g/mol. The highest BCUT2D eigenvalue weighted by Crippen LogP contribution is 2.23. The van der Waals surface area contributed by atoms with E-state index >= 15 is 0 Å². The molecule has 1 fully saturated rings. The summed E-state index contributed by atoms with van der Waals surface area (Å²) in [6.45, 7) is 1.42. The minimum Gasteiger partial charge on any atom is -0.350 e. The van der Waals surface area contributed by atoms with E-state index in [2.05, 4.69) is 4.98 Å². The Morgan fingerprint density at radius 3 is 3.06 bits per heavy atom. The number of aromatic nitrogens is 1. The predicted molar refractivity (Wildman–Crippen MR) is 62.9 cm³/mol. The van der Waals surface area contributed by atoms with E-state index in [-0.39, 0.29) is 11.9 Å². The van der Waals surface area contributed by atoms with Crippen LogP contribution in [0.15, 0.2) is 18.3 Å². The fourth-order valence-corrected chi connectivity index (χ4v) is 2.29. The molecule has 2 rings (SSSR count).